The summed E-state index contributed by atoms with van der Waals surface area (Å²) in [6.45, 7) is 0. The molecule has 4 nitrogen and oxygen atoms in total. The molecule has 1 aromatic rings. The van der Waals surface area contributed by atoms with Crippen molar-refractivity contribution in [2.75, 3.05) is 0 Å². The number of ether oxygens (including phenoxy) is 1. The second kappa shape index (κ2) is 5.38. The Morgan fingerprint density at radius 2 is 2.18 bits per heavy atom. The predicted molar refractivity (Wildman–Crippen MR) is 63.2 cm³/mol. The van der Waals surface area contributed by atoms with E-state index < -0.39 is 18.2 Å². The highest BCUT2D eigenvalue weighted by Gasteiger charge is 2.34. The number of hydrogen-bond donors (Lipinski definition) is 1. The Morgan fingerprint density at radius 3 is 2.59 bits per heavy atom. The Bertz CT molecular complexity index is 452. The highest BCUT2D eigenvalue weighted by atomic mass is 127. The molecule has 0 aliphatic carbocycles. The summed E-state index contributed by atoms with van der Waals surface area (Å²) in [5, 5.41) is 8.75. The van der Waals surface area contributed by atoms with Crippen molar-refractivity contribution in [1.29, 1.82) is 0 Å². The Morgan fingerprint density at radius 1 is 1.59 bits per heavy atom. The number of halogens is 5. The summed E-state index contributed by atoms with van der Waals surface area (Å²) >= 11 is 4.52. The van der Waals surface area contributed by atoms with Crippen molar-refractivity contribution >= 4 is 44.5 Å². The third kappa shape index (κ3) is 3.98. The van der Waals surface area contributed by atoms with E-state index in [1.807, 2.05) is 0 Å². The van der Waals surface area contributed by atoms with Crippen LogP contribution in [0, 0.1) is 3.70 Å². The summed E-state index contributed by atoms with van der Waals surface area (Å²) in [5.41, 5.74) is -0.434. The molecule has 0 atom stereocenters. The zero-order valence-corrected chi connectivity index (χ0v) is 11.6. The van der Waals surface area contributed by atoms with Crippen LogP contribution in [0.5, 0.6) is 5.88 Å². The van der Waals surface area contributed by atoms with Crippen LogP contribution in [-0.2, 0) is 5.33 Å². The van der Waals surface area contributed by atoms with Crippen LogP contribution in [0.2, 0.25) is 0 Å². The molecule has 94 valence electrons. The van der Waals surface area contributed by atoms with E-state index in [0.717, 1.165) is 0 Å². The van der Waals surface area contributed by atoms with Crippen LogP contribution < -0.4 is 4.74 Å². The number of aromatic nitrogens is 1. The van der Waals surface area contributed by atoms with Crippen molar-refractivity contribution in [3.05, 3.63) is 20.9 Å². The maximum Gasteiger partial charge on any atom is 0.574 e. The summed E-state index contributed by atoms with van der Waals surface area (Å²) in [7, 11) is 0. The predicted octanol–water partition coefficient (Wildman–Crippen LogP) is 3.18. The number of pyridine rings is 1. The van der Waals surface area contributed by atoms with Crippen LogP contribution in [0.4, 0.5) is 13.2 Å². The molecule has 0 unspecified atom stereocenters. The Hall–Kier alpha value is -0.580. The minimum atomic E-state index is -4.91. The fraction of sp³-hybridized carbons (Fsp3) is 0.250. The van der Waals surface area contributed by atoms with Crippen molar-refractivity contribution in [3.8, 4) is 5.88 Å². The van der Waals surface area contributed by atoms with Gasteiger partial charge in [0.25, 0.3) is 0 Å². The number of carboxylic acids is 1. The minimum absolute atomic E-state index is 0.101. The van der Waals surface area contributed by atoms with Gasteiger partial charge in [-0.05, 0) is 28.7 Å². The molecule has 1 rings (SSSR count). The summed E-state index contributed by atoms with van der Waals surface area (Å²) < 4.78 is 40.1. The Labute approximate surface area is 115 Å². The minimum Gasteiger partial charge on any atom is -0.478 e. The molecule has 0 aromatic carbocycles. The lowest BCUT2D eigenvalue weighted by atomic mass is 10.1. The zero-order valence-electron chi connectivity index (χ0n) is 7.89. The molecular formula is C8H4BrF3INO3. The molecule has 0 amide bonds. The lowest BCUT2D eigenvalue weighted by Crippen LogP contribution is -2.20. The summed E-state index contributed by atoms with van der Waals surface area (Å²) in [6, 6.07) is 1.17. The van der Waals surface area contributed by atoms with Crippen LogP contribution in [0.15, 0.2) is 6.07 Å². The van der Waals surface area contributed by atoms with Crippen LogP contribution in [0.1, 0.15) is 15.9 Å². The summed E-state index contributed by atoms with van der Waals surface area (Å²) in [4.78, 5) is 14.4. The smallest absolute Gasteiger partial charge is 0.478 e. The lowest BCUT2D eigenvalue weighted by molar-refractivity contribution is -0.276. The van der Waals surface area contributed by atoms with Gasteiger partial charge in [-0.25, -0.2) is 9.78 Å². The molecule has 0 fully saturated rings. The summed E-state index contributed by atoms with van der Waals surface area (Å²) in [5.74, 6) is -2.09. The van der Waals surface area contributed by atoms with Gasteiger partial charge < -0.3 is 9.84 Å². The Balaban J connectivity index is 3.33. The van der Waals surface area contributed by atoms with Gasteiger partial charge in [-0.2, -0.15) is 0 Å². The highest BCUT2D eigenvalue weighted by Crippen LogP contribution is 2.29. The molecule has 0 aliphatic heterocycles. The Kier molecular flexibility index (Phi) is 4.58. The third-order valence-corrected chi connectivity index (χ3v) is 2.74. The van der Waals surface area contributed by atoms with Crippen molar-refractivity contribution in [3.63, 3.8) is 0 Å². The molecule has 0 spiro atoms. The number of carbonyl (C=O) groups is 1. The summed E-state index contributed by atoms with van der Waals surface area (Å²) in [6.07, 6.45) is -4.91. The fourth-order valence-electron chi connectivity index (χ4n) is 1.03. The van der Waals surface area contributed by atoms with E-state index in [-0.39, 0.29) is 20.2 Å². The van der Waals surface area contributed by atoms with E-state index in [9.17, 15) is 18.0 Å². The standard InChI is InChI=1S/C8H4BrF3INO3/c9-2-4-3(7(15)16)1-5(13)14-6(4)17-8(10,11)12/h1H,2H2,(H,15,16). The van der Waals surface area contributed by atoms with Gasteiger partial charge >= 0.3 is 12.3 Å². The van der Waals surface area contributed by atoms with Gasteiger partial charge in [-0.1, -0.05) is 15.9 Å². The molecular weight excluding hydrogens is 422 g/mol. The SMILES string of the molecule is O=C(O)c1cc(I)nc(OC(F)(F)F)c1CBr. The largest absolute Gasteiger partial charge is 0.574 e. The van der Waals surface area contributed by atoms with Crippen molar-refractivity contribution in [2.45, 2.75) is 11.7 Å². The molecule has 0 aliphatic rings. The molecule has 17 heavy (non-hydrogen) atoms. The number of aromatic carboxylic acids is 1. The van der Waals surface area contributed by atoms with Crippen molar-refractivity contribution in [2.24, 2.45) is 0 Å². The van der Waals surface area contributed by atoms with Crippen molar-refractivity contribution in [1.82, 2.24) is 4.98 Å². The van der Waals surface area contributed by atoms with Gasteiger partial charge in [0.2, 0.25) is 5.88 Å². The second-order valence-electron chi connectivity index (χ2n) is 2.76. The molecule has 1 N–H and O–H groups in total. The fourth-order valence-corrected chi connectivity index (χ4v) is 2.10. The van der Waals surface area contributed by atoms with Crippen LogP contribution in [0.3, 0.4) is 0 Å². The van der Waals surface area contributed by atoms with Gasteiger partial charge in [-0.3, -0.25) is 0 Å². The lowest BCUT2D eigenvalue weighted by Gasteiger charge is -2.13. The highest BCUT2D eigenvalue weighted by molar-refractivity contribution is 14.1. The number of nitrogens with zero attached hydrogens (tertiary/aromatic N) is 1. The normalized spacial score (nSPS) is 11.4. The number of alkyl halides is 4. The molecule has 1 aromatic heterocycles. The van der Waals surface area contributed by atoms with Gasteiger partial charge in [0, 0.05) is 10.9 Å². The van der Waals surface area contributed by atoms with Crippen LogP contribution >= 0.6 is 38.5 Å². The maximum absolute atomic E-state index is 12.1. The first-order chi connectivity index (χ1) is 7.74. The van der Waals surface area contributed by atoms with Crippen LogP contribution in [-0.4, -0.2) is 22.4 Å². The first-order valence-corrected chi connectivity index (χ1v) is 6.19. The molecule has 0 bridgehead atoms. The second-order valence-corrected chi connectivity index (χ2v) is 4.43. The number of rotatable bonds is 3. The quantitative estimate of drug-likeness (QED) is 0.459. The van der Waals surface area contributed by atoms with Crippen LogP contribution in [0.25, 0.3) is 0 Å². The number of hydrogen-bond acceptors (Lipinski definition) is 3. The maximum atomic E-state index is 12.1. The first kappa shape index (κ1) is 14.5. The van der Waals surface area contributed by atoms with E-state index in [0.29, 0.717) is 0 Å². The third-order valence-electron chi connectivity index (χ3n) is 1.63. The zero-order chi connectivity index (χ0) is 13.2. The molecule has 0 saturated heterocycles. The van der Waals surface area contributed by atoms with E-state index in [2.05, 4.69) is 25.7 Å². The van der Waals surface area contributed by atoms with E-state index in [1.54, 1.807) is 22.6 Å². The average Bonchev–Trinajstić information content (AvgIpc) is 2.14. The van der Waals surface area contributed by atoms with Gasteiger partial charge in [0.1, 0.15) is 3.70 Å². The number of carboxylic acid groups (broad SMARTS) is 1. The monoisotopic (exact) mass is 425 g/mol. The van der Waals surface area contributed by atoms with Gasteiger partial charge in [-0.15, -0.1) is 13.2 Å². The van der Waals surface area contributed by atoms with Gasteiger partial charge in [0.15, 0.2) is 0 Å². The first-order valence-electron chi connectivity index (χ1n) is 3.99. The van der Waals surface area contributed by atoms with Crippen molar-refractivity contribution < 1.29 is 27.8 Å². The van der Waals surface area contributed by atoms with E-state index in [1.165, 1.54) is 6.07 Å². The van der Waals surface area contributed by atoms with E-state index >= 15 is 0 Å². The molecule has 9 heteroatoms. The average molecular weight is 426 g/mol. The molecule has 0 saturated carbocycles. The van der Waals surface area contributed by atoms with E-state index in [4.69, 9.17) is 5.11 Å². The molecule has 1 heterocycles. The molecule has 0 radical (unpaired) electrons. The van der Waals surface area contributed by atoms with Gasteiger partial charge in [0.05, 0.1) is 5.56 Å². The topological polar surface area (TPSA) is 59.4 Å².